The van der Waals surface area contributed by atoms with Crippen LogP contribution in [0.2, 0.25) is 0 Å². The van der Waals surface area contributed by atoms with E-state index in [-0.39, 0.29) is 0 Å². The van der Waals surface area contributed by atoms with Crippen molar-refractivity contribution in [2.24, 2.45) is 11.8 Å². The van der Waals surface area contributed by atoms with Gasteiger partial charge in [0.1, 0.15) is 0 Å². The van der Waals surface area contributed by atoms with E-state index >= 15 is 0 Å². The summed E-state index contributed by atoms with van der Waals surface area (Å²) in [6.07, 6.45) is 17.1. The molecule has 1 saturated heterocycles. The quantitative estimate of drug-likeness (QED) is 0.525. The molecule has 2 unspecified atom stereocenters. The monoisotopic (exact) mass is 340 g/mol. The molecule has 0 N–H and O–H groups in total. The minimum absolute atomic E-state index is 0.532. The molecule has 1 aromatic rings. The van der Waals surface area contributed by atoms with Crippen LogP contribution in [0.5, 0.6) is 0 Å². The molecular weight excluding hydrogens is 304 g/mol. The Hall–Kier alpha value is -1.08. The topological polar surface area (TPSA) is 9.23 Å². The van der Waals surface area contributed by atoms with Gasteiger partial charge in [0.25, 0.3) is 0 Å². The molecule has 2 fully saturated rings. The van der Waals surface area contributed by atoms with E-state index in [9.17, 15) is 0 Å². The minimum Gasteiger partial charge on any atom is -0.378 e. The lowest BCUT2D eigenvalue weighted by Crippen LogP contribution is -2.24. The molecule has 138 valence electrons. The van der Waals surface area contributed by atoms with Crippen molar-refractivity contribution in [2.45, 2.75) is 83.7 Å². The van der Waals surface area contributed by atoms with Crippen molar-refractivity contribution in [3.05, 3.63) is 47.5 Å². The first kappa shape index (κ1) is 18.7. The van der Waals surface area contributed by atoms with Crippen LogP contribution < -0.4 is 0 Å². The predicted octanol–water partition coefficient (Wildman–Crippen LogP) is 6.67. The van der Waals surface area contributed by atoms with Gasteiger partial charge in [0.15, 0.2) is 0 Å². The Bertz CT molecular complexity index is 514. The van der Waals surface area contributed by atoms with Gasteiger partial charge in [0, 0.05) is 5.92 Å². The number of benzene rings is 1. The Morgan fingerprint density at radius 1 is 0.880 bits per heavy atom. The normalized spacial score (nSPS) is 30.6. The van der Waals surface area contributed by atoms with E-state index in [1.165, 1.54) is 56.9 Å². The molecule has 1 heterocycles. The summed E-state index contributed by atoms with van der Waals surface area (Å²) in [6.45, 7) is 5.43. The highest BCUT2D eigenvalue weighted by atomic mass is 16.5. The number of allylic oxidation sites excluding steroid dienone is 1. The van der Waals surface area contributed by atoms with Crippen LogP contribution >= 0.6 is 0 Å². The van der Waals surface area contributed by atoms with Crippen molar-refractivity contribution in [2.75, 3.05) is 6.61 Å². The van der Waals surface area contributed by atoms with Gasteiger partial charge in [0.2, 0.25) is 0 Å². The third kappa shape index (κ3) is 5.45. The molecule has 0 amide bonds. The number of hydrogen-bond donors (Lipinski definition) is 0. The van der Waals surface area contributed by atoms with Crippen LogP contribution in [0.4, 0.5) is 0 Å². The van der Waals surface area contributed by atoms with Crippen molar-refractivity contribution in [3.8, 4) is 0 Å². The largest absolute Gasteiger partial charge is 0.378 e. The zero-order valence-electron chi connectivity index (χ0n) is 16.3. The van der Waals surface area contributed by atoms with Gasteiger partial charge in [-0.25, -0.2) is 0 Å². The maximum absolute atomic E-state index is 6.01. The van der Waals surface area contributed by atoms with Crippen LogP contribution in [0.15, 0.2) is 36.4 Å². The molecular formula is C24H36O. The van der Waals surface area contributed by atoms with Crippen LogP contribution in [-0.4, -0.2) is 12.7 Å². The highest BCUT2D eigenvalue weighted by molar-refractivity contribution is 5.25. The SMILES string of the molecule is CCCC1CCC(C=CC2CCC(c3ccc(CC)cc3)CC2)CO1. The fourth-order valence-electron chi connectivity index (χ4n) is 4.51. The molecule has 1 aromatic carbocycles. The smallest absolute Gasteiger partial charge is 0.0575 e. The van der Waals surface area contributed by atoms with E-state index in [1.54, 1.807) is 5.56 Å². The minimum atomic E-state index is 0.532. The maximum Gasteiger partial charge on any atom is 0.0575 e. The fraction of sp³-hybridized carbons (Fsp3) is 0.667. The first-order valence-corrected chi connectivity index (χ1v) is 10.7. The summed E-state index contributed by atoms with van der Waals surface area (Å²) in [5.74, 6) is 2.23. The van der Waals surface area contributed by atoms with E-state index in [0.717, 1.165) is 24.9 Å². The van der Waals surface area contributed by atoms with Gasteiger partial charge in [-0.1, -0.05) is 56.7 Å². The number of ether oxygens (including phenoxy) is 1. The number of hydrogen-bond acceptors (Lipinski definition) is 1. The second-order valence-corrected chi connectivity index (χ2v) is 8.17. The molecule has 2 atom stereocenters. The molecule has 1 heteroatoms. The average Bonchev–Trinajstić information content (AvgIpc) is 2.68. The van der Waals surface area contributed by atoms with E-state index in [2.05, 4.69) is 50.3 Å². The van der Waals surface area contributed by atoms with Crippen LogP contribution in [0.25, 0.3) is 0 Å². The molecule has 0 bridgehead atoms. The van der Waals surface area contributed by atoms with Gasteiger partial charge in [-0.05, 0) is 74.3 Å². The Kier molecular flexibility index (Phi) is 7.16. The van der Waals surface area contributed by atoms with Crippen LogP contribution in [0, 0.1) is 11.8 Å². The zero-order valence-corrected chi connectivity index (χ0v) is 16.3. The summed E-state index contributed by atoms with van der Waals surface area (Å²) in [4.78, 5) is 0. The molecule has 3 rings (SSSR count). The van der Waals surface area contributed by atoms with Gasteiger partial charge in [-0.3, -0.25) is 0 Å². The molecule has 25 heavy (non-hydrogen) atoms. The van der Waals surface area contributed by atoms with E-state index in [1.807, 2.05) is 0 Å². The van der Waals surface area contributed by atoms with E-state index in [4.69, 9.17) is 4.74 Å². The predicted molar refractivity (Wildman–Crippen MR) is 107 cm³/mol. The van der Waals surface area contributed by atoms with Crippen molar-refractivity contribution in [1.29, 1.82) is 0 Å². The van der Waals surface area contributed by atoms with Gasteiger partial charge in [-0.15, -0.1) is 0 Å². The van der Waals surface area contributed by atoms with Crippen LogP contribution in [0.3, 0.4) is 0 Å². The Morgan fingerprint density at radius 2 is 1.56 bits per heavy atom. The lowest BCUT2D eigenvalue weighted by molar-refractivity contribution is -0.00852. The van der Waals surface area contributed by atoms with Crippen molar-refractivity contribution >= 4 is 0 Å². The zero-order chi connectivity index (χ0) is 17.5. The van der Waals surface area contributed by atoms with Gasteiger partial charge in [0.05, 0.1) is 12.7 Å². The van der Waals surface area contributed by atoms with Crippen molar-refractivity contribution in [1.82, 2.24) is 0 Å². The highest BCUT2D eigenvalue weighted by Crippen LogP contribution is 2.36. The molecule has 1 nitrogen and oxygen atoms in total. The van der Waals surface area contributed by atoms with Gasteiger partial charge >= 0.3 is 0 Å². The molecule has 1 aliphatic heterocycles. The first-order chi connectivity index (χ1) is 12.3. The molecule has 0 aromatic heterocycles. The molecule has 1 aliphatic carbocycles. The maximum atomic E-state index is 6.01. The Balaban J connectivity index is 1.41. The summed E-state index contributed by atoms with van der Waals surface area (Å²) in [6, 6.07) is 9.36. The first-order valence-electron chi connectivity index (χ1n) is 10.7. The molecule has 1 saturated carbocycles. The van der Waals surface area contributed by atoms with Gasteiger partial charge in [-0.2, -0.15) is 0 Å². The Labute approximate surface area is 154 Å². The summed E-state index contributed by atoms with van der Waals surface area (Å²) in [7, 11) is 0. The third-order valence-electron chi connectivity index (χ3n) is 6.30. The summed E-state index contributed by atoms with van der Waals surface area (Å²) in [5, 5.41) is 0. The van der Waals surface area contributed by atoms with E-state index in [0.29, 0.717) is 12.0 Å². The number of rotatable bonds is 6. The summed E-state index contributed by atoms with van der Waals surface area (Å²) < 4.78 is 6.01. The molecule has 2 aliphatic rings. The standard InChI is InChI=1S/C24H36O/c1-3-5-24-17-12-21(18-25-24)7-6-20-10-15-23(16-11-20)22-13-8-19(4-2)9-14-22/h6-9,13-14,20-21,23-24H,3-5,10-12,15-18H2,1-2H3. The van der Waals surface area contributed by atoms with Crippen LogP contribution in [-0.2, 0) is 11.2 Å². The van der Waals surface area contributed by atoms with Gasteiger partial charge < -0.3 is 4.74 Å². The fourth-order valence-corrected chi connectivity index (χ4v) is 4.51. The Morgan fingerprint density at radius 3 is 2.16 bits per heavy atom. The average molecular weight is 341 g/mol. The lowest BCUT2D eigenvalue weighted by Gasteiger charge is -2.29. The van der Waals surface area contributed by atoms with Crippen LogP contribution in [0.1, 0.15) is 82.3 Å². The molecule has 0 radical (unpaired) electrons. The second-order valence-electron chi connectivity index (χ2n) is 8.17. The van der Waals surface area contributed by atoms with E-state index < -0.39 is 0 Å². The summed E-state index contributed by atoms with van der Waals surface area (Å²) >= 11 is 0. The molecule has 0 spiro atoms. The van der Waals surface area contributed by atoms with Crippen molar-refractivity contribution in [3.63, 3.8) is 0 Å². The second kappa shape index (κ2) is 9.57. The number of aryl methyl sites for hydroxylation is 1. The van der Waals surface area contributed by atoms with Crippen molar-refractivity contribution < 1.29 is 4.74 Å². The highest BCUT2D eigenvalue weighted by Gasteiger charge is 2.22. The lowest BCUT2D eigenvalue weighted by atomic mass is 9.78. The third-order valence-corrected chi connectivity index (χ3v) is 6.30. The summed E-state index contributed by atoms with van der Waals surface area (Å²) in [5.41, 5.74) is 3.01.